The molecule has 2 atom stereocenters. The molecular formula is C21H26N2O3. The molecule has 0 fully saturated rings. The maximum atomic E-state index is 12.2. The summed E-state index contributed by atoms with van der Waals surface area (Å²) in [6, 6.07) is 19.0. The van der Waals surface area contributed by atoms with Crippen LogP contribution in [0.1, 0.15) is 37.4 Å². The van der Waals surface area contributed by atoms with E-state index in [0.717, 1.165) is 11.1 Å². The van der Waals surface area contributed by atoms with Gasteiger partial charge in [-0.25, -0.2) is 0 Å². The third-order valence-corrected chi connectivity index (χ3v) is 4.65. The highest BCUT2D eigenvalue weighted by atomic mass is 16.5. The summed E-state index contributed by atoms with van der Waals surface area (Å²) in [7, 11) is 1.61. The molecule has 138 valence electrons. The van der Waals surface area contributed by atoms with E-state index >= 15 is 0 Å². The minimum absolute atomic E-state index is 0.218. The van der Waals surface area contributed by atoms with Gasteiger partial charge in [0.05, 0.1) is 12.6 Å². The zero-order valence-corrected chi connectivity index (χ0v) is 15.5. The lowest BCUT2D eigenvalue weighted by molar-refractivity contribution is -0.140. The van der Waals surface area contributed by atoms with Gasteiger partial charge in [0.25, 0.3) is 0 Å². The highest BCUT2D eigenvalue weighted by Gasteiger charge is 2.31. The Hall–Kier alpha value is -2.66. The summed E-state index contributed by atoms with van der Waals surface area (Å²) in [6.07, 6.45) is 0.663. The van der Waals surface area contributed by atoms with Gasteiger partial charge in [-0.05, 0) is 24.5 Å². The predicted octanol–water partition coefficient (Wildman–Crippen LogP) is 2.93. The zero-order valence-electron chi connectivity index (χ0n) is 15.5. The quantitative estimate of drug-likeness (QED) is 0.751. The van der Waals surface area contributed by atoms with Crippen molar-refractivity contribution in [3.05, 3.63) is 71.8 Å². The first-order chi connectivity index (χ1) is 12.5. The van der Waals surface area contributed by atoms with Crippen molar-refractivity contribution >= 4 is 11.8 Å². The molecule has 2 rings (SSSR count). The first-order valence-electron chi connectivity index (χ1n) is 8.76. The summed E-state index contributed by atoms with van der Waals surface area (Å²) in [5, 5.41) is 5.42. The van der Waals surface area contributed by atoms with E-state index in [1.54, 1.807) is 7.11 Å². The fourth-order valence-corrected chi connectivity index (χ4v) is 2.90. The maximum absolute atomic E-state index is 12.2. The van der Waals surface area contributed by atoms with Crippen molar-refractivity contribution in [1.82, 2.24) is 10.6 Å². The van der Waals surface area contributed by atoms with Gasteiger partial charge in [-0.2, -0.15) is 0 Å². The van der Waals surface area contributed by atoms with Crippen LogP contribution in [0.5, 0.6) is 0 Å². The van der Waals surface area contributed by atoms with Crippen LogP contribution in [0.3, 0.4) is 0 Å². The van der Waals surface area contributed by atoms with E-state index in [9.17, 15) is 9.59 Å². The Morgan fingerprint density at radius 3 is 2.12 bits per heavy atom. The summed E-state index contributed by atoms with van der Waals surface area (Å²) in [5.41, 5.74) is 1.24. The van der Waals surface area contributed by atoms with E-state index < -0.39 is 17.4 Å². The van der Waals surface area contributed by atoms with Crippen LogP contribution in [0, 0.1) is 0 Å². The van der Waals surface area contributed by atoms with E-state index in [-0.39, 0.29) is 12.6 Å². The van der Waals surface area contributed by atoms with Gasteiger partial charge in [0.1, 0.15) is 5.60 Å². The summed E-state index contributed by atoms with van der Waals surface area (Å²) < 4.78 is 5.71. The molecule has 0 heterocycles. The first-order valence-corrected chi connectivity index (χ1v) is 8.76. The molecule has 2 aromatic carbocycles. The number of benzene rings is 2. The average Bonchev–Trinajstić information content (AvgIpc) is 2.70. The average molecular weight is 354 g/mol. The molecule has 2 N–H and O–H groups in total. The van der Waals surface area contributed by atoms with Gasteiger partial charge in [0.15, 0.2) is 0 Å². The molecule has 5 nitrogen and oxygen atoms in total. The predicted molar refractivity (Wildman–Crippen MR) is 101 cm³/mol. The van der Waals surface area contributed by atoms with Crippen molar-refractivity contribution in [3.8, 4) is 0 Å². The van der Waals surface area contributed by atoms with E-state index in [1.165, 1.54) is 0 Å². The number of amides is 2. The molecule has 0 aliphatic carbocycles. The van der Waals surface area contributed by atoms with Crippen LogP contribution >= 0.6 is 0 Å². The Morgan fingerprint density at radius 2 is 1.58 bits per heavy atom. The second-order valence-electron chi connectivity index (χ2n) is 6.21. The van der Waals surface area contributed by atoms with Crippen LogP contribution < -0.4 is 10.6 Å². The molecule has 0 aliphatic rings. The number of methoxy groups -OCH3 is 1. The Bertz CT molecular complexity index is 713. The van der Waals surface area contributed by atoms with Gasteiger partial charge in [0, 0.05) is 7.11 Å². The first kappa shape index (κ1) is 19.7. The topological polar surface area (TPSA) is 67.4 Å². The lowest BCUT2D eigenvalue weighted by atomic mass is 9.90. The molecule has 0 saturated carbocycles. The van der Waals surface area contributed by atoms with Crippen molar-refractivity contribution in [2.75, 3.05) is 13.7 Å². The number of nitrogens with one attached hydrogen (secondary N) is 2. The van der Waals surface area contributed by atoms with Crippen LogP contribution in [0.4, 0.5) is 0 Å². The highest BCUT2D eigenvalue weighted by Crippen LogP contribution is 2.28. The second kappa shape index (κ2) is 9.15. The van der Waals surface area contributed by atoms with Crippen molar-refractivity contribution in [1.29, 1.82) is 0 Å². The van der Waals surface area contributed by atoms with E-state index in [4.69, 9.17) is 4.74 Å². The highest BCUT2D eigenvalue weighted by molar-refractivity contribution is 6.35. The largest absolute Gasteiger partial charge is 0.372 e. The van der Waals surface area contributed by atoms with Gasteiger partial charge in [-0.1, -0.05) is 67.6 Å². The van der Waals surface area contributed by atoms with Crippen LogP contribution in [-0.4, -0.2) is 25.5 Å². The van der Waals surface area contributed by atoms with Crippen LogP contribution in [0.2, 0.25) is 0 Å². The van der Waals surface area contributed by atoms with Crippen molar-refractivity contribution < 1.29 is 14.3 Å². The fourth-order valence-electron chi connectivity index (χ4n) is 2.90. The molecule has 0 aliphatic heterocycles. The van der Waals surface area contributed by atoms with E-state index in [2.05, 4.69) is 10.6 Å². The molecule has 2 aromatic rings. The Balaban J connectivity index is 1.98. The number of hydrogen-bond acceptors (Lipinski definition) is 3. The summed E-state index contributed by atoms with van der Waals surface area (Å²) >= 11 is 0. The third-order valence-electron chi connectivity index (χ3n) is 4.65. The molecule has 2 unspecified atom stereocenters. The van der Waals surface area contributed by atoms with E-state index in [1.807, 2.05) is 74.5 Å². The maximum Gasteiger partial charge on any atom is 0.309 e. The molecule has 2 amide bonds. The molecule has 5 heteroatoms. The molecule has 0 spiro atoms. The molecular weight excluding hydrogens is 328 g/mol. The summed E-state index contributed by atoms with van der Waals surface area (Å²) in [4.78, 5) is 24.4. The minimum Gasteiger partial charge on any atom is -0.372 e. The van der Waals surface area contributed by atoms with Crippen LogP contribution in [0.15, 0.2) is 60.7 Å². The number of carbonyl (C=O) groups is 2. The number of hydrogen-bond donors (Lipinski definition) is 2. The standard InChI is InChI=1S/C21H26N2O3/c1-4-21(26-3,18-13-9-6-10-14-18)15-22-19(24)20(25)23-16(2)17-11-7-5-8-12-17/h5-14,16H,4,15H2,1-3H3,(H,22,24)(H,23,25). The Labute approximate surface area is 154 Å². The SMILES string of the molecule is CCC(CNC(=O)C(=O)NC(C)c1ccccc1)(OC)c1ccccc1. The van der Waals surface area contributed by atoms with Gasteiger partial charge >= 0.3 is 11.8 Å². The molecule has 0 radical (unpaired) electrons. The summed E-state index contributed by atoms with van der Waals surface area (Å²) in [5.74, 6) is -1.32. The zero-order chi connectivity index (χ0) is 19.0. The minimum atomic E-state index is -0.668. The van der Waals surface area contributed by atoms with Gasteiger partial charge < -0.3 is 15.4 Å². The lowest BCUT2D eigenvalue weighted by Gasteiger charge is -2.32. The third kappa shape index (κ3) is 4.70. The molecule has 0 bridgehead atoms. The second-order valence-corrected chi connectivity index (χ2v) is 6.21. The fraction of sp³-hybridized carbons (Fsp3) is 0.333. The van der Waals surface area contributed by atoms with Gasteiger partial charge in [-0.15, -0.1) is 0 Å². The van der Waals surface area contributed by atoms with Gasteiger partial charge in [0.2, 0.25) is 0 Å². The van der Waals surface area contributed by atoms with Crippen molar-refractivity contribution in [2.24, 2.45) is 0 Å². The lowest BCUT2D eigenvalue weighted by Crippen LogP contribution is -2.47. The smallest absolute Gasteiger partial charge is 0.309 e. The van der Waals surface area contributed by atoms with Crippen LogP contribution in [-0.2, 0) is 19.9 Å². The summed E-state index contributed by atoms with van der Waals surface area (Å²) in [6.45, 7) is 4.05. The molecule has 26 heavy (non-hydrogen) atoms. The Kier molecular flexibility index (Phi) is 6.92. The molecule has 0 aromatic heterocycles. The number of ether oxygens (including phenoxy) is 1. The van der Waals surface area contributed by atoms with Crippen molar-refractivity contribution in [2.45, 2.75) is 31.9 Å². The molecule has 0 saturated heterocycles. The number of carbonyl (C=O) groups excluding carboxylic acids is 2. The van der Waals surface area contributed by atoms with Crippen molar-refractivity contribution in [3.63, 3.8) is 0 Å². The monoisotopic (exact) mass is 354 g/mol. The normalized spacial score (nSPS) is 14.1. The van der Waals surface area contributed by atoms with Gasteiger partial charge in [-0.3, -0.25) is 9.59 Å². The number of rotatable bonds is 7. The Morgan fingerprint density at radius 1 is 1.00 bits per heavy atom. The van der Waals surface area contributed by atoms with E-state index in [0.29, 0.717) is 6.42 Å². The van der Waals surface area contributed by atoms with Crippen LogP contribution in [0.25, 0.3) is 0 Å².